The van der Waals surface area contributed by atoms with E-state index < -0.39 is 0 Å². The van der Waals surface area contributed by atoms with Gasteiger partial charge in [-0.1, -0.05) is 48.5 Å². The molecule has 0 aliphatic carbocycles. The lowest BCUT2D eigenvalue weighted by atomic mass is 9.96. The fourth-order valence-electron chi connectivity index (χ4n) is 4.09. The largest absolute Gasteiger partial charge is 0.256 e. The molecule has 0 unspecified atom stereocenters. The summed E-state index contributed by atoms with van der Waals surface area (Å²) in [5, 5.41) is 4.49. The standard InChI is InChI=1S/C26H16N4/c1-4-18(16-19(5-1)26-29-13-3-14-30-26)20-11-15-28-25-21(20)9-10-22-23(25)8-7-17-6-2-12-27-24(17)22/h1-16H. The molecule has 140 valence electrons. The van der Waals surface area contributed by atoms with Gasteiger partial charge in [-0.2, -0.15) is 0 Å². The zero-order valence-electron chi connectivity index (χ0n) is 16.0. The van der Waals surface area contributed by atoms with Gasteiger partial charge in [-0.15, -0.1) is 0 Å². The van der Waals surface area contributed by atoms with Gasteiger partial charge in [0.05, 0.1) is 11.0 Å². The minimum atomic E-state index is 0.723. The molecule has 0 bridgehead atoms. The first-order valence-electron chi connectivity index (χ1n) is 9.81. The van der Waals surface area contributed by atoms with Crippen molar-refractivity contribution < 1.29 is 0 Å². The molecule has 6 rings (SSSR count). The van der Waals surface area contributed by atoms with Crippen molar-refractivity contribution in [2.75, 3.05) is 0 Å². The van der Waals surface area contributed by atoms with Crippen LogP contribution in [0.4, 0.5) is 0 Å². The molecule has 30 heavy (non-hydrogen) atoms. The molecule has 0 atom stereocenters. The number of benzene rings is 3. The Hall–Kier alpha value is -4.18. The van der Waals surface area contributed by atoms with Gasteiger partial charge >= 0.3 is 0 Å². The first-order chi connectivity index (χ1) is 14.9. The molecule has 4 nitrogen and oxygen atoms in total. The molecular weight excluding hydrogens is 368 g/mol. The Kier molecular flexibility index (Phi) is 3.74. The number of fused-ring (bicyclic) bond motifs is 5. The lowest BCUT2D eigenvalue weighted by molar-refractivity contribution is 1.18. The molecule has 3 aromatic carbocycles. The van der Waals surface area contributed by atoms with Crippen molar-refractivity contribution in [2.45, 2.75) is 0 Å². The van der Waals surface area contributed by atoms with E-state index in [2.05, 4.69) is 63.5 Å². The average molecular weight is 384 g/mol. The third-order valence-electron chi connectivity index (χ3n) is 5.47. The lowest BCUT2D eigenvalue weighted by Gasteiger charge is -2.11. The van der Waals surface area contributed by atoms with Crippen LogP contribution in [0.15, 0.2) is 97.6 Å². The van der Waals surface area contributed by atoms with Gasteiger partial charge in [0, 0.05) is 51.9 Å². The van der Waals surface area contributed by atoms with Crippen LogP contribution < -0.4 is 0 Å². The van der Waals surface area contributed by atoms with Gasteiger partial charge < -0.3 is 0 Å². The highest BCUT2D eigenvalue weighted by Gasteiger charge is 2.11. The Bertz CT molecular complexity index is 1540. The fraction of sp³-hybridized carbons (Fsp3) is 0. The highest BCUT2D eigenvalue weighted by atomic mass is 14.8. The number of hydrogen-bond acceptors (Lipinski definition) is 4. The summed E-state index contributed by atoms with van der Waals surface area (Å²) in [4.78, 5) is 18.1. The molecule has 0 aliphatic rings. The average Bonchev–Trinajstić information content (AvgIpc) is 2.84. The smallest absolute Gasteiger partial charge is 0.159 e. The van der Waals surface area contributed by atoms with E-state index >= 15 is 0 Å². The van der Waals surface area contributed by atoms with Crippen LogP contribution in [0.25, 0.3) is 55.1 Å². The molecule has 4 heteroatoms. The summed E-state index contributed by atoms with van der Waals surface area (Å²) in [5.41, 5.74) is 5.24. The zero-order valence-corrected chi connectivity index (χ0v) is 16.0. The molecule has 0 aliphatic heterocycles. The molecule has 3 heterocycles. The van der Waals surface area contributed by atoms with E-state index in [4.69, 9.17) is 4.98 Å². The molecule has 0 spiro atoms. The molecule has 0 radical (unpaired) electrons. The molecule has 3 aromatic heterocycles. The first-order valence-corrected chi connectivity index (χ1v) is 9.81. The van der Waals surface area contributed by atoms with Gasteiger partial charge in [0.15, 0.2) is 5.82 Å². The van der Waals surface area contributed by atoms with Crippen LogP contribution in [0.5, 0.6) is 0 Å². The summed E-state index contributed by atoms with van der Waals surface area (Å²) in [6, 6.07) is 24.9. The predicted molar refractivity (Wildman–Crippen MR) is 121 cm³/mol. The number of rotatable bonds is 2. The summed E-state index contributed by atoms with van der Waals surface area (Å²) in [5.74, 6) is 0.723. The maximum absolute atomic E-state index is 4.73. The Balaban J connectivity index is 1.60. The molecule has 6 aromatic rings. The third kappa shape index (κ3) is 2.62. The van der Waals surface area contributed by atoms with Gasteiger partial charge in [-0.3, -0.25) is 9.97 Å². The van der Waals surface area contributed by atoms with Crippen LogP contribution >= 0.6 is 0 Å². The Morgan fingerprint density at radius 2 is 1.20 bits per heavy atom. The Labute approximate surface area is 172 Å². The Morgan fingerprint density at radius 3 is 2.13 bits per heavy atom. The van der Waals surface area contributed by atoms with Crippen LogP contribution in [0.1, 0.15) is 0 Å². The minimum Gasteiger partial charge on any atom is -0.256 e. The topological polar surface area (TPSA) is 51.6 Å². The van der Waals surface area contributed by atoms with Crippen molar-refractivity contribution in [1.82, 2.24) is 19.9 Å². The van der Waals surface area contributed by atoms with Crippen LogP contribution in [-0.4, -0.2) is 19.9 Å². The van der Waals surface area contributed by atoms with Crippen molar-refractivity contribution in [3.63, 3.8) is 0 Å². The predicted octanol–water partition coefficient (Wildman–Crippen LogP) is 6.06. The van der Waals surface area contributed by atoms with Crippen molar-refractivity contribution in [2.24, 2.45) is 0 Å². The maximum Gasteiger partial charge on any atom is 0.159 e. The quantitative estimate of drug-likeness (QED) is 0.341. The van der Waals surface area contributed by atoms with Crippen LogP contribution in [0.2, 0.25) is 0 Å². The van der Waals surface area contributed by atoms with E-state index in [1.807, 2.05) is 36.7 Å². The number of hydrogen-bond donors (Lipinski definition) is 0. The van der Waals surface area contributed by atoms with Gasteiger partial charge in [-0.25, -0.2) is 9.97 Å². The summed E-state index contributed by atoms with van der Waals surface area (Å²) in [6.45, 7) is 0. The van der Waals surface area contributed by atoms with Crippen molar-refractivity contribution in [3.8, 4) is 22.5 Å². The second-order valence-corrected chi connectivity index (χ2v) is 7.21. The SMILES string of the molecule is c1cnc(-c2cccc(-c3ccnc4c3ccc3c4ccc4cccnc43)c2)nc1. The number of nitrogens with zero attached hydrogens (tertiary/aromatic N) is 4. The zero-order chi connectivity index (χ0) is 19.9. The van der Waals surface area contributed by atoms with E-state index in [9.17, 15) is 0 Å². The molecular formula is C26H16N4. The van der Waals surface area contributed by atoms with Gasteiger partial charge in [0.1, 0.15) is 0 Å². The molecule has 0 amide bonds. The molecule has 0 fully saturated rings. The van der Waals surface area contributed by atoms with Crippen LogP contribution in [0, 0.1) is 0 Å². The monoisotopic (exact) mass is 384 g/mol. The maximum atomic E-state index is 4.73. The van der Waals surface area contributed by atoms with E-state index in [1.165, 1.54) is 0 Å². The fourth-order valence-corrected chi connectivity index (χ4v) is 4.09. The summed E-state index contributed by atoms with van der Waals surface area (Å²) in [7, 11) is 0. The van der Waals surface area contributed by atoms with E-state index in [0.717, 1.165) is 55.1 Å². The molecule has 0 N–H and O–H groups in total. The highest BCUT2D eigenvalue weighted by molar-refractivity contribution is 6.16. The second-order valence-electron chi connectivity index (χ2n) is 7.21. The van der Waals surface area contributed by atoms with E-state index in [0.29, 0.717) is 0 Å². The lowest BCUT2D eigenvalue weighted by Crippen LogP contribution is -1.90. The molecule has 0 saturated carbocycles. The normalized spacial score (nSPS) is 11.3. The summed E-state index contributed by atoms with van der Waals surface area (Å²) in [6.07, 6.45) is 7.25. The minimum absolute atomic E-state index is 0.723. The second kappa shape index (κ2) is 6.71. The van der Waals surface area contributed by atoms with Crippen LogP contribution in [-0.2, 0) is 0 Å². The number of aromatic nitrogens is 4. The van der Waals surface area contributed by atoms with Crippen LogP contribution in [0.3, 0.4) is 0 Å². The third-order valence-corrected chi connectivity index (χ3v) is 5.47. The van der Waals surface area contributed by atoms with Crippen molar-refractivity contribution >= 4 is 32.6 Å². The number of pyridine rings is 2. The van der Waals surface area contributed by atoms with E-state index in [1.54, 1.807) is 12.4 Å². The first kappa shape index (κ1) is 16.7. The summed E-state index contributed by atoms with van der Waals surface area (Å²) < 4.78 is 0. The highest BCUT2D eigenvalue weighted by Crippen LogP contribution is 2.35. The molecule has 0 saturated heterocycles. The summed E-state index contributed by atoms with van der Waals surface area (Å²) >= 11 is 0. The van der Waals surface area contributed by atoms with Gasteiger partial charge in [0.25, 0.3) is 0 Å². The Morgan fingerprint density at radius 1 is 0.467 bits per heavy atom. The van der Waals surface area contributed by atoms with E-state index in [-0.39, 0.29) is 0 Å². The van der Waals surface area contributed by atoms with Gasteiger partial charge in [0.2, 0.25) is 0 Å². The van der Waals surface area contributed by atoms with Gasteiger partial charge in [-0.05, 0) is 35.4 Å². The van der Waals surface area contributed by atoms with Crippen molar-refractivity contribution in [3.05, 3.63) is 97.6 Å². The van der Waals surface area contributed by atoms with Crippen molar-refractivity contribution in [1.29, 1.82) is 0 Å².